The molecule has 0 saturated carbocycles. The van der Waals surface area contributed by atoms with Crippen LogP contribution in [0.4, 0.5) is 0 Å². The van der Waals surface area contributed by atoms with Crippen LogP contribution >= 0.6 is 11.8 Å². The minimum Gasteiger partial charge on any atom is -0.508 e. The zero-order valence-electron chi connectivity index (χ0n) is 54.0. The highest BCUT2D eigenvalue weighted by Gasteiger charge is 2.37. The number of aromatic nitrogens is 1. The fourth-order valence-corrected chi connectivity index (χ4v) is 10.0. The van der Waals surface area contributed by atoms with Crippen LogP contribution in [0.1, 0.15) is 104 Å². The van der Waals surface area contributed by atoms with E-state index in [1.807, 2.05) is 0 Å². The number of rotatable bonds is 43. The number of aromatic amines is 1. The molecule has 34 heteroatoms. The number of nitrogens with one attached hydrogen (secondary N) is 11. The van der Waals surface area contributed by atoms with Crippen LogP contribution in [0, 0.1) is 11.8 Å². The van der Waals surface area contributed by atoms with Crippen molar-refractivity contribution in [2.24, 2.45) is 39.8 Å². The molecule has 0 unspecified atom stereocenters. The Hall–Kier alpha value is -9.57. The number of H-pyrrole nitrogens is 1. The Bertz CT molecular complexity index is 3160. The van der Waals surface area contributed by atoms with Gasteiger partial charge in [-0.05, 0) is 98.6 Å². The van der Waals surface area contributed by atoms with Gasteiger partial charge in [0.05, 0.1) is 13.2 Å². The molecular weight excluding hydrogens is 1260 g/mol. The predicted molar refractivity (Wildman–Crippen MR) is 350 cm³/mol. The summed E-state index contributed by atoms with van der Waals surface area (Å²) in [6, 6.07) is -2.56. The zero-order valence-corrected chi connectivity index (χ0v) is 54.8. The third-order valence-electron chi connectivity index (χ3n) is 15.0. The maximum atomic E-state index is 14.8. The molecule has 0 saturated heterocycles. The van der Waals surface area contributed by atoms with Crippen LogP contribution in [0.3, 0.4) is 0 Å². The number of fused-ring (bicyclic) bond motifs is 1. The van der Waals surface area contributed by atoms with E-state index in [0.717, 1.165) is 0 Å². The molecule has 0 fully saturated rings. The summed E-state index contributed by atoms with van der Waals surface area (Å²) in [5.41, 5.74) is 23.4. The van der Waals surface area contributed by atoms with Gasteiger partial charge in [0, 0.05) is 49.3 Å². The number of para-hydroxylation sites is 1. The summed E-state index contributed by atoms with van der Waals surface area (Å²) in [5, 5.41) is 65.7. The molecule has 3 rings (SSSR count). The van der Waals surface area contributed by atoms with E-state index in [2.05, 4.69) is 63.1 Å². The van der Waals surface area contributed by atoms with Gasteiger partial charge in [-0.15, -0.1) is 0 Å². The second-order valence-corrected chi connectivity index (χ2v) is 24.1. The molecule has 0 bridgehead atoms. The molecule has 0 aliphatic carbocycles. The van der Waals surface area contributed by atoms with Crippen LogP contribution in [-0.2, 0) is 75.2 Å². The van der Waals surface area contributed by atoms with Gasteiger partial charge in [-0.3, -0.25) is 62.5 Å². The number of carbonyl (C=O) groups excluding carboxylic acids is 11. The number of thioether (sulfide) groups is 1. The number of aromatic hydroxyl groups is 1. The summed E-state index contributed by atoms with van der Waals surface area (Å²) in [5.74, 6) is -14.0. The van der Waals surface area contributed by atoms with Gasteiger partial charge in [0.15, 0.2) is 5.96 Å². The first-order valence-electron chi connectivity index (χ1n) is 30.9. The van der Waals surface area contributed by atoms with Crippen LogP contribution in [0.15, 0.2) is 59.7 Å². The lowest BCUT2D eigenvalue weighted by molar-refractivity contribution is -0.144. The van der Waals surface area contributed by atoms with Crippen LogP contribution in [-0.4, -0.2) is 200 Å². The van der Waals surface area contributed by atoms with E-state index in [1.165, 1.54) is 43.0 Å². The van der Waals surface area contributed by atoms with Crippen molar-refractivity contribution in [3.8, 4) is 5.75 Å². The van der Waals surface area contributed by atoms with Gasteiger partial charge in [0.2, 0.25) is 65.0 Å². The van der Waals surface area contributed by atoms with E-state index < -0.39 is 176 Å². The molecule has 11 atom stereocenters. The average molecular weight is 1350 g/mol. The molecule has 0 aliphatic rings. The number of phenols is 1. The molecule has 524 valence electrons. The molecule has 1 heterocycles. The summed E-state index contributed by atoms with van der Waals surface area (Å²) in [6.45, 7) is 6.48. The van der Waals surface area contributed by atoms with Gasteiger partial charge in [0.1, 0.15) is 66.2 Å². The van der Waals surface area contributed by atoms with Crippen LogP contribution in [0.5, 0.6) is 5.75 Å². The lowest BCUT2D eigenvalue weighted by atomic mass is 9.97. The number of benzene rings is 2. The van der Waals surface area contributed by atoms with Gasteiger partial charge in [0.25, 0.3) is 0 Å². The lowest BCUT2D eigenvalue weighted by Gasteiger charge is -2.28. The zero-order chi connectivity index (χ0) is 71.1. The Morgan fingerprint density at radius 1 is 0.579 bits per heavy atom. The van der Waals surface area contributed by atoms with Crippen molar-refractivity contribution in [2.75, 3.05) is 31.7 Å². The fraction of sp³-hybridized carbons (Fsp3) is 0.541. The van der Waals surface area contributed by atoms with E-state index in [4.69, 9.17) is 22.9 Å². The number of carboxylic acid groups (broad SMARTS) is 2. The SMILES string of the molecule is CC[C@H](C)[C@H](NC(=O)[C@H](CC(C)C)NC(=O)[C@H](Cc1c[nH]c2ccccc12)NC(=O)[C@H](Cc1ccc(O)cc1)NC(=O)[C@H](CO)NC(=O)[C@H](CCC(N)=O)NC(=O)[C@H](CCCN=C(N)N)NC(=O)[C@H](C)NC(=O)[C@H](CCSC)NC(=O)[C@H](CCC(=O)O)NC(=O)CN)C(=O)O. The molecule has 1 aromatic heterocycles. The molecule has 0 aliphatic heterocycles. The van der Waals surface area contributed by atoms with E-state index in [0.29, 0.717) is 34.2 Å². The number of phenolic OH excluding ortho intramolecular Hbond substituents is 1. The number of aliphatic carboxylic acids is 2. The van der Waals surface area contributed by atoms with Crippen molar-refractivity contribution >= 4 is 106 Å². The van der Waals surface area contributed by atoms with Gasteiger partial charge >= 0.3 is 11.9 Å². The maximum Gasteiger partial charge on any atom is 0.326 e. The van der Waals surface area contributed by atoms with Crippen molar-refractivity contribution in [2.45, 2.75) is 166 Å². The normalized spacial score (nSPS) is 14.6. The fourth-order valence-electron chi connectivity index (χ4n) is 9.57. The Morgan fingerprint density at radius 2 is 1.07 bits per heavy atom. The van der Waals surface area contributed by atoms with E-state index in [9.17, 15) is 82.8 Å². The number of carboxylic acids is 2. The van der Waals surface area contributed by atoms with Gasteiger partial charge in [-0.2, -0.15) is 11.8 Å². The maximum absolute atomic E-state index is 14.8. The summed E-state index contributed by atoms with van der Waals surface area (Å²) >= 11 is 1.31. The summed E-state index contributed by atoms with van der Waals surface area (Å²) in [7, 11) is 0. The summed E-state index contributed by atoms with van der Waals surface area (Å²) in [4.78, 5) is 182. The lowest BCUT2D eigenvalue weighted by Crippen LogP contribution is -2.61. The average Bonchev–Trinajstić information content (AvgIpc) is 1.78. The first-order chi connectivity index (χ1) is 44.9. The molecule has 0 radical (unpaired) electrons. The largest absolute Gasteiger partial charge is 0.508 e. The van der Waals surface area contributed by atoms with Crippen molar-refractivity contribution in [3.63, 3.8) is 0 Å². The number of aliphatic imine (C=N–C) groups is 1. The summed E-state index contributed by atoms with van der Waals surface area (Å²) in [6.07, 6.45) is 1.09. The molecular formula is C61H92N16O17S. The van der Waals surface area contributed by atoms with Crippen LogP contribution in [0.2, 0.25) is 0 Å². The molecule has 0 spiro atoms. The third kappa shape index (κ3) is 27.9. The van der Waals surface area contributed by atoms with E-state index in [-0.39, 0.29) is 69.1 Å². The van der Waals surface area contributed by atoms with Crippen molar-refractivity contribution in [3.05, 3.63) is 65.9 Å². The third-order valence-corrected chi connectivity index (χ3v) is 15.7. The predicted octanol–water partition coefficient (Wildman–Crippen LogP) is -3.41. The highest BCUT2D eigenvalue weighted by atomic mass is 32.2. The van der Waals surface area contributed by atoms with Crippen LogP contribution in [0.25, 0.3) is 10.9 Å². The summed E-state index contributed by atoms with van der Waals surface area (Å²) < 4.78 is 0. The first-order valence-corrected chi connectivity index (χ1v) is 32.2. The number of nitrogens with two attached hydrogens (primary N) is 4. The van der Waals surface area contributed by atoms with E-state index in [1.54, 1.807) is 64.4 Å². The molecule has 23 N–H and O–H groups in total. The van der Waals surface area contributed by atoms with E-state index >= 15 is 0 Å². The Balaban J connectivity index is 1.98. The van der Waals surface area contributed by atoms with Crippen molar-refractivity contribution in [1.29, 1.82) is 0 Å². The van der Waals surface area contributed by atoms with Gasteiger partial charge in [-0.1, -0.05) is 64.4 Å². The highest BCUT2D eigenvalue weighted by molar-refractivity contribution is 7.98. The van der Waals surface area contributed by atoms with Crippen molar-refractivity contribution < 1.29 is 82.8 Å². The second kappa shape index (κ2) is 40.5. The number of aliphatic hydroxyl groups is 1. The monoisotopic (exact) mass is 1350 g/mol. The van der Waals surface area contributed by atoms with Gasteiger partial charge < -0.3 is 102 Å². The highest BCUT2D eigenvalue weighted by Crippen LogP contribution is 2.21. The number of amides is 11. The van der Waals surface area contributed by atoms with Crippen LogP contribution < -0.4 is 76.1 Å². The minimum absolute atomic E-state index is 0.00125. The van der Waals surface area contributed by atoms with Gasteiger partial charge in [-0.25, -0.2) is 4.79 Å². The Labute approximate surface area is 553 Å². The minimum atomic E-state index is -1.92. The van der Waals surface area contributed by atoms with Crippen molar-refractivity contribution in [1.82, 2.24) is 58.2 Å². The molecule has 2 aromatic carbocycles. The number of aliphatic hydroxyl groups excluding tert-OH is 1. The number of carbonyl (C=O) groups is 13. The smallest absolute Gasteiger partial charge is 0.326 e. The Morgan fingerprint density at radius 3 is 1.62 bits per heavy atom. The number of primary amides is 1. The quantitative estimate of drug-likeness (QED) is 0.0149. The number of guanidine groups is 1. The Kier molecular flexibility index (Phi) is 34.0. The molecule has 3 aromatic rings. The number of hydrogen-bond donors (Lipinski definition) is 19. The first kappa shape index (κ1) is 79.7. The number of hydrogen-bond acceptors (Lipinski definition) is 18. The molecule has 95 heavy (non-hydrogen) atoms. The molecule has 11 amide bonds. The molecule has 33 nitrogen and oxygen atoms in total. The standard InChI is InChI=1S/C61H92N16O17S/c1-7-32(4)50(60(93)94)77-58(91)43(25-31(2)3)73-57(90)45(27-35-29-67-38-12-9-8-11-37(35)38)75-56(89)44(26-34-14-16-36(79)17-15-34)74-59(92)46(30-78)76-55(88)41(18-20-47(63)80)71-53(86)39(13-10-23-66-61(64)65)70-51(84)33(5)68-52(85)42(22-24-95-6)72-54(87)40(19-21-49(82)83)69-48(81)28-62/h8-9,11-12,14-17,29,31-33,39-46,50,67,78-79H,7,10,13,18-28,30,62H2,1-6H3,(H2,63,80)(H,68,85)(H,69,81)(H,70,84)(H,71,86)(H,72,87)(H,73,90)(H,74,92)(H,75,89)(H,76,88)(H,77,91)(H,82,83)(H,93,94)(H4,64,65,66)/t32-,33-,39-,40-,41-,42-,43-,44-,45-,46-,50-/m0/s1. The topological polar surface area (TPSA) is 555 Å². The second-order valence-electron chi connectivity index (χ2n) is 23.1. The number of nitrogens with zero attached hydrogens (tertiary/aromatic N) is 1.